The van der Waals surface area contributed by atoms with Gasteiger partial charge in [-0.05, 0) is 79.6 Å². The number of nitrogens with one attached hydrogen (secondary N) is 1. The van der Waals surface area contributed by atoms with Gasteiger partial charge in [0.1, 0.15) is 18.0 Å². The minimum absolute atomic E-state index is 0.000335. The summed E-state index contributed by atoms with van der Waals surface area (Å²) >= 11 is 5.85. The number of benzene rings is 2. The van der Waals surface area contributed by atoms with Crippen molar-refractivity contribution in [3.63, 3.8) is 0 Å². The number of alkyl halides is 3. The predicted octanol–water partition coefficient (Wildman–Crippen LogP) is 4.95. The molecular weight excluding hydrogens is 561 g/mol. The molecule has 4 rings (SSSR count). The Morgan fingerprint density at radius 3 is 2.51 bits per heavy atom. The number of rotatable bonds is 13. The molecule has 11 heteroatoms. The summed E-state index contributed by atoms with van der Waals surface area (Å²) in [7, 11) is 3.26. The molecule has 0 bridgehead atoms. The Bertz CT molecular complexity index is 1160. The zero-order valence-electron chi connectivity index (χ0n) is 23.4. The van der Waals surface area contributed by atoms with Gasteiger partial charge in [0.15, 0.2) is 0 Å². The Balaban J connectivity index is 1.62. The molecule has 0 aromatic heterocycles. The minimum Gasteiger partial charge on any atom is -0.491 e. The first-order valence-electron chi connectivity index (χ1n) is 13.9. The van der Waals surface area contributed by atoms with Gasteiger partial charge in [0, 0.05) is 40.0 Å². The van der Waals surface area contributed by atoms with Crippen LogP contribution in [0.4, 0.5) is 13.2 Å². The number of halogens is 4. The van der Waals surface area contributed by atoms with E-state index in [2.05, 4.69) is 5.32 Å². The first-order chi connectivity index (χ1) is 19.6. The summed E-state index contributed by atoms with van der Waals surface area (Å²) in [5, 5.41) is 14.6. The summed E-state index contributed by atoms with van der Waals surface area (Å²) in [6.07, 6.45) is -1.35. The van der Waals surface area contributed by atoms with E-state index >= 15 is 0 Å². The standard InChI is InChI=1S/C30H38ClF3N2O5/c1-39-11-3-4-20-14-21(16-24(15-20)41-13-12-40-2)19-36(23-6-7-23)28(37)26-18-35-10-9-29(26,38)22-5-8-27(31)25(17-22)30(32,33)34/h5,8,14-17,23,26,35,38H,3-4,6-7,9-13,18-19H2,1-2H3/t26-,29+/m1/s1. The van der Waals surface area contributed by atoms with Crippen molar-refractivity contribution < 1.29 is 37.3 Å². The van der Waals surface area contributed by atoms with Gasteiger partial charge in [0.05, 0.1) is 23.1 Å². The third-order valence-corrected chi connectivity index (χ3v) is 8.03. The molecule has 1 amide bonds. The molecule has 0 unspecified atom stereocenters. The van der Waals surface area contributed by atoms with Crippen molar-refractivity contribution in [3.8, 4) is 5.75 Å². The number of hydrogen-bond donors (Lipinski definition) is 2. The maximum atomic E-state index is 14.1. The number of piperidine rings is 1. The fourth-order valence-corrected chi connectivity index (χ4v) is 5.62. The first kappa shape index (κ1) is 31.6. The molecular formula is C30H38ClF3N2O5. The van der Waals surface area contributed by atoms with Crippen molar-refractivity contribution in [2.75, 3.05) is 47.1 Å². The molecule has 0 radical (unpaired) electrons. The summed E-state index contributed by atoms with van der Waals surface area (Å²) in [5.41, 5.74) is -0.840. The van der Waals surface area contributed by atoms with Gasteiger partial charge in [-0.25, -0.2) is 0 Å². The van der Waals surface area contributed by atoms with Crippen LogP contribution in [-0.4, -0.2) is 69.1 Å². The smallest absolute Gasteiger partial charge is 0.417 e. The molecule has 1 aliphatic heterocycles. The van der Waals surface area contributed by atoms with Crippen LogP contribution in [0.3, 0.4) is 0 Å². The Labute approximate surface area is 243 Å². The van der Waals surface area contributed by atoms with Crippen LogP contribution in [0.1, 0.15) is 47.9 Å². The molecule has 1 saturated heterocycles. The summed E-state index contributed by atoms with van der Waals surface area (Å²) in [5.74, 6) is -0.592. The number of carbonyl (C=O) groups excluding carboxylic acids is 1. The van der Waals surface area contributed by atoms with Gasteiger partial charge < -0.3 is 29.5 Å². The number of amides is 1. The summed E-state index contributed by atoms with van der Waals surface area (Å²) < 4.78 is 57.1. The topological polar surface area (TPSA) is 80.3 Å². The van der Waals surface area contributed by atoms with Crippen LogP contribution in [0.25, 0.3) is 0 Å². The maximum absolute atomic E-state index is 14.1. The van der Waals surface area contributed by atoms with Gasteiger partial charge in [0.2, 0.25) is 5.91 Å². The molecule has 41 heavy (non-hydrogen) atoms. The van der Waals surface area contributed by atoms with Crippen molar-refractivity contribution in [1.29, 1.82) is 0 Å². The molecule has 2 aliphatic rings. The SMILES string of the molecule is COCCCc1cc(CN(C(=O)[C@H]2CNCC[C@]2(O)c2ccc(Cl)c(C(F)(F)F)c2)C2CC2)cc(OCCOC)c1. The van der Waals surface area contributed by atoms with E-state index in [0.717, 1.165) is 48.9 Å². The third kappa shape index (κ3) is 7.93. The van der Waals surface area contributed by atoms with Crippen LogP contribution in [0.15, 0.2) is 36.4 Å². The first-order valence-corrected chi connectivity index (χ1v) is 14.3. The lowest BCUT2D eigenvalue weighted by Gasteiger charge is -2.42. The predicted molar refractivity (Wildman–Crippen MR) is 149 cm³/mol. The molecule has 7 nitrogen and oxygen atoms in total. The highest BCUT2D eigenvalue weighted by molar-refractivity contribution is 6.31. The highest BCUT2D eigenvalue weighted by Gasteiger charge is 2.49. The van der Waals surface area contributed by atoms with E-state index in [-0.39, 0.29) is 30.5 Å². The molecule has 2 aromatic rings. The van der Waals surface area contributed by atoms with Crippen molar-refractivity contribution in [2.45, 2.75) is 56.5 Å². The molecule has 2 N–H and O–H groups in total. The van der Waals surface area contributed by atoms with Crippen LogP contribution in [0.2, 0.25) is 5.02 Å². The lowest BCUT2D eigenvalue weighted by Crippen LogP contribution is -2.55. The van der Waals surface area contributed by atoms with Gasteiger partial charge in [-0.3, -0.25) is 4.79 Å². The second-order valence-electron chi connectivity index (χ2n) is 10.7. The maximum Gasteiger partial charge on any atom is 0.417 e. The van der Waals surface area contributed by atoms with Crippen molar-refractivity contribution in [1.82, 2.24) is 10.2 Å². The van der Waals surface area contributed by atoms with E-state index in [0.29, 0.717) is 38.7 Å². The van der Waals surface area contributed by atoms with Gasteiger partial charge in [-0.1, -0.05) is 23.7 Å². The fraction of sp³-hybridized carbons (Fsp3) is 0.567. The molecule has 2 fully saturated rings. The normalized spacial score (nSPS) is 21.1. The van der Waals surface area contributed by atoms with Gasteiger partial charge in [-0.15, -0.1) is 0 Å². The van der Waals surface area contributed by atoms with Crippen molar-refractivity contribution in [3.05, 3.63) is 63.7 Å². The van der Waals surface area contributed by atoms with Crippen LogP contribution < -0.4 is 10.1 Å². The number of aliphatic hydroxyl groups is 1. The number of carbonyl (C=O) groups is 1. The van der Waals surface area contributed by atoms with Crippen molar-refractivity contribution >= 4 is 17.5 Å². The number of hydrogen-bond acceptors (Lipinski definition) is 6. The number of methoxy groups -OCH3 is 2. The van der Waals surface area contributed by atoms with Crippen LogP contribution in [-0.2, 0) is 39.0 Å². The van der Waals surface area contributed by atoms with Crippen LogP contribution >= 0.6 is 11.6 Å². The minimum atomic E-state index is -4.69. The second-order valence-corrected chi connectivity index (χ2v) is 11.2. The zero-order chi connectivity index (χ0) is 29.6. The van der Waals surface area contributed by atoms with E-state index in [1.54, 1.807) is 19.1 Å². The van der Waals surface area contributed by atoms with E-state index in [1.807, 2.05) is 18.2 Å². The number of ether oxygens (including phenoxy) is 3. The lowest BCUT2D eigenvalue weighted by molar-refractivity contribution is -0.150. The van der Waals surface area contributed by atoms with E-state index < -0.39 is 28.3 Å². The zero-order valence-corrected chi connectivity index (χ0v) is 24.2. The van der Waals surface area contributed by atoms with Gasteiger partial charge in [0.25, 0.3) is 0 Å². The quantitative estimate of drug-likeness (QED) is 0.318. The lowest BCUT2D eigenvalue weighted by atomic mass is 9.75. The number of aryl methyl sites for hydroxylation is 1. The highest BCUT2D eigenvalue weighted by atomic mass is 35.5. The Hall–Kier alpha value is -2.37. The Morgan fingerprint density at radius 1 is 1.10 bits per heavy atom. The monoisotopic (exact) mass is 598 g/mol. The summed E-state index contributed by atoms with van der Waals surface area (Å²) in [6.45, 7) is 2.23. The molecule has 1 heterocycles. The van der Waals surface area contributed by atoms with Gasteiger partial charge in [-0.2, -0.15) is 13.2 Å². The molecule has 1 aliphatic carbocycles. The summed E-state index contributed by atoms with van der Waals surface area (Å²) in [4.78, 5) is 15.9. The molecule has 2 atom stereocenters. The van der Waals surface area contributed by atoms with Crippen molar-refractivity contribution in [2.24, 2.45) is 5.92 Å². The molecule has 1 saturated carbocycles. The average molecular weight is 599 g/mol. The Kier molecular flexibility index (Phi) is 10.6. The third-order valence-electron chi connectivity index (χ3n) is 7.70. The number of nitrogens with zero attached hydrogens (tertiary/aromatic N) is 1. The highest BCUT2D eigenvalue weighted by Crippen LogP contribution is 2.43. The van der Waals surface area contributed by atoms with E-state index in [9.17, 15) is 23.1 Å². The van der Waals surface area contributed by atoms with Crippen LogP contribution in [0, 0.1) is 5.92 Å². The molecule has 2 aromatic carbocycles. The second kappa shape index (κ2) is 13.7. The van der Waals surface area contributed by atoms with E-state index in [1.165, 1.54) is 6.07 Å². The van der Waals surface area contributed by atoms with Gasteiger partial charge >= 0.3 is 6.18 Å². The largest absolute Gasteiger partial charge is 0.491 e. The van der Waals surface area contributed by atoms with E-state index in [4.69, 9.17) is 25.8 Å². The summed E-state index contributed by atoms with van der Waals surface area (Å²) in [6, 6.07) is 9.32. The average Bonchev–Trinajstić information content (AvgIpc) is 3.77. The molecule has 226 valence electrons. The fourth-order valence-electron chi connectivity index (χ4n) is 5.40. The Morgan fingerprint density at radius 2 is 1.83 bits per heavy atom. The van der Waals surface area contributed by atoms with Crippen LogP contribution in [0.5, 0.6) is 5.75 Å². The molecule has 0 spiro atoms.